The molecule has 1 aliphatic carbocycles. The van der Waals surface area contributed by atoms with E-state index < -0.39 is 0 Å². The highest BCUT2D eigenvalue weighted by Gasteiger charge is 2.38. The van der Waals surface area contributed by atoms with Crippen molar-refractivity contribution in [3.63, 3.8) is 0 Å². The number of para-hydroxylation sites is 2. The topological polar surface area (TPSA) is 9.86 Å². The zero-order chi connectivity index (χ0) is 40.7. The van der Waals surface area contributed by atoms with Crippen molar-refractivity contribution in [1.29, 1.82) is 0 Å². The van der Waals surface area contributed by atoms with E-state index >= 15 is 4.48 Å². The van der Waals surface area contributed by atoms with Crippen LogP contribution < -0.4 is 0 Å². The molecule has 0 spiro atoms. The summed E-state index contributed by atoms with van der Waals surface area (Å²) in [4.78, 5) is 0.900. The first kappa shape index (κ1) is 38.4. The average molecular weight is 759 g/mol. The predicted molar refractivity (Wildman–Crippen MR) is 250 cm³/mol. The van der Waals surface area contributed by atoms with Crippen LogP contribution in [0.1, 0.15) is 70.2 Å². The summed E-state index contributed by atoms with van der Waals surface area (Å²) in [5.41, 5.74) is 14.4. The fourth-order valence-corrected chi connectivity index (χ4v) is 9.37. The summed E-state index contributed by atoms with van der Waals surface area (Å²) < 4.78 is 18.8. The van der Waals surface area contributed by atoms with Crippen LogP contribution in [0.2, 0.25) is 0 Å². The summed E-state index contributed by atoms with van der Waals surface area (Å²) in [7, 11) is 0. The van der Waals surface area contributed by atoms with Gasteiger partial charge in [-0.3, -0.25) is 0 Å². The highest BCUT2D eigenvalue weighted by atomic mass is 19.2. The normalized spacial score (nSPS) is 13.3. The third-order valence-corrected chi connectivity index (χ3v) is 11.9. The minimum absolute atomic E-state index is 0.204. The Morgan fingerprint density at radius 2 is 1.26 bits per heavy atom. The molecule has 0 atom stereocenters. The third kappa shape index (κ3) is 6.00. The van der Waals surface area contributed by atoms with Gasteiger partial charge in [0.2, 0.25) is 0 Å². The fraction of sp³-hybridized carbons (Fsp3) is 0.164. The number of halogens is 1. The van der Waals surface area contributed by atoms with Crippen LogP contribution in [0.15, 0.2) is 170 Å². The highest BCUT2D eigenvalue weighted by molar-refractivity contribution is 6.22. The average Bonchev–Trinajstić information content (AvgIpc) is 3.82. The van der Waals surface area contributed by atoms with E-state index in [9.17, 15) is 0 Å². The van der Waals surface area contributed by atoms with E-state index in [-0.39, 0.29) is 5.41 Å². The monoisotopic (exact) mass is 758 g/mol. The van der Waals surface area contributed by atoms with Crippen LogP contribution in [-0.4, -0.2) is 9.36 Å². The first-order valence-corrected chi connectivity index (χ1v) is 20.6. The molecule has 9 aromatic rings. The molecule has 0 N–H and O–H groups in total. The molecular formula is C55H51FN2. The van der Waals surface area contributed by atoms with E-state index in [1.807, 2.05) is 39.0 Å². The van der Waals surface area contributed by atoms with Crippen molar-refractivity contribution >= 4 is 60.0 Å². The number of nitrogens with zero attached hydrogens (tertiary/aromatic N) is 2. The minimum Gasteiger partial charge on any atom is -0.309 e. The lowest BCUT2D eigenvalue weighted by molar-refractivity contribution is 0.405. The van der Waals surface area contributed by atoms with Gasteiger partial charge in [-0.2, -0.15) is 4.79 Å². The van der Waals surface area contributed by atoms with Gasteiger partial charge in [0.05, 0.1) is 22.1 Å². The van der Waals surface area contributed by atoms with Crippen molar-refractivity contribution in [1.82, 2.24) is 9.36 Å². The summed E-state index contributed by atoms with van der Waals surface area (Å²) in [6, 6.07) is 49.7. The molecule has 3 heteroatoms. The summed E-state index contributed by atoms with van der Waals surface area (Å²) in [6.07, 6.45) is 6.51. The Balaban J connectivity index is 0.000000626. The Kier molecular flexibility index (Phi) is 10.3. The maximum absolute atomic E-state index is 16.4. The molecule has 58 heavy (non-hydrogen) atoms. The quantitative estimate of drug-likeness (QED) is 0.155. The second kappa shape index (κ2) is 15.5. The molecule has 0 amide bonds. The van der Waals surface area contributed by atoms with Crippen molar-refractivity contribution in [2.75, 3.05) is 0 Å². The zero-order valence-electron chi connectivity index (χ0n) is 34.7. The molecule has 2 nitrogen and oxygen atoms in total. The smallest absolute Gasteiger partial charge is 0.0829 e. The second-order valence-corrected chi connectivity index (χ2v) is 15.4. The first-order valence-electron chi connectivity index (χ1n) is 20.6. The molecule has 0 saturated heterocycles. The number of benzene rings is 7. The summed E-state index contributed by atoms with van der Waals surface area (Å²) >= 11 is 0. The maximum Gasteiger partial charge on any atom is 0.0829 e. The van der Waals surface area contributed by atoms with Crippen LogP contribution in [0.4, 0.5) is 4.48 Å². The van der Waals surface area contributed by atoms with E-state index in [1.165, 1.54) is 66.0 Å². The molecule has 0 fully saturated rings. The van der Waals surface area contributed by atoms with Gasteiger partial charge in [0.1, 0.15) is 0 Å². The number of hydrogen-bond donors (Lipinski definition) is 0. The summed E-state index contributed by atoms with van der Waals surface area (Å²) in [5.74, 6) is 0. The molecule has 0 aliphatic heterocycles. The molecular weight excluding hydrogens is 708 g/mol. The SMILES string of the molecule is C=C/C=C\C.CC.CCC1=C(c2ccccc2C)c2cc3c4cc(-c5cc6c7ccccc7n(-c7ccccc7)c6c6ccccc56)ccc4n(F)c3cc2C1(C)C. The fourth-order valence-electron chi connectivity index (χ4n) is 9.37. The van der Waals surface area contributed by atoms with Gasteiger partial charge in [-0.05, 0) is 113 Å². The Hall–Kier alpha value is -6.45. The summed E-state index contributed by atoms with van der Waals surface area (Å²) in [6.45, 7) is 18.4. The largest absolute Gasteiger partial charge is 0.309 e. The van der Waals surface area contributed by atoms with Crippen molar-refractivity contribution in [2.45, 2.75) is 60.3 Å². The lowest BCUT2D eigenvalue weighted by Gasteiger charge is -2.24. The molecule has 0 bridgehead atoms. The van der Waals surface area contributed by atoms with E-state index in [2.05, 4.69) is 172 Å². The van der Waals surface area contributed by atoms with E-state index in [4.69, 9.17) is 0 Å². The molecule has 1 aliphatic rings. The molecule has 0 unspecified atom stereocenters. The molecule has 7 aromatic carbocycles. The second-order valence-electron chi connectivity index (χ2n) is 15.4. The summed E-state index contributed by atoms with van der Waals surface area (Å²) in [5, 5.41) is 6.65. The Morgan fingerprint density at radius 3 is 1.95 bits per heavy atom. The standard InChI is InChI=1S/C48H37FN2.C5H8.C2H6/c1-5-41-46(32-18-10-9-15-29(32)2)40-27-38-37-25-30(23-24-44(37)51(49)45(38)28-42(40)48(41,3)4)36-26-39-34-20-13-14-22-43(34)50(31-16-7-6-8-17-31)47(39)35-21-12-11-19-33(35)36;1-3-5-4-2;1-2/h6-28H,5H2,1-4H3;3-5H,1H2,2H3;1-2H3/b;5-4-;. The van der Waals surface area contributed by atoms with Crippen LogP contribution in [0.5, 0.6) is 0 Å². The number of rotatable bonds is 5. The lowest BCUT2D eigenvalue weighted by atomic mass is 9.79. The molecule has 0 saturated carbocycles. The van der Waals surface area contributed by atoms with Crippen LogP contribution in [0, 0.1) is 6.92 Å². The van der Waals surface area contributed by atoms with Crippen molar-refractivity contribution in [2.24, 2.45) is 0 Å². The zero-order valence-corrected chi connectivity index (χ0v) is 34.7. The number of aryl methyl sites for hydroxylation is 1. The Morgan fingerprint density at radius 1 is 0.621 bits per heavy atom. The van der Waals surface area contributed by atoms with E-state index in [0.29, 0.717) is 11.0 Å². The molecule has 2 heterocycles. The van der Waals surface area contributed by atoms with Gasteiger partial charge in [0, 0.05) is 38.0 Å². The molecule has 2 aromatic heterocycles. The van der Waals surface area contributed by atoms with E-state index in [0.717, 1.165) is 38.8 Å². The van der Waals surface area contributed by atoms with Gasteiger partial charge in [-0.15, -0.1) is 0 Å². The van der Waals surface area contributed by atoms with Gasteiger partial charge >= 0.3 is 0 Å². The van der Waals surface area contributed by atoms with Gasteiger partial charge in [-0.1, -0.05) is 160 Å². The van der Waals surface area contributed by atoms with Crippen LogP contribution in [-0.2, 0) is 5.41 Å². The van der Waals surface area contributed by atoms with E-state index in [1.54, 1.807) is 6.08 Å². The Labute approximate surface area is 341 Å². The minimum atomic E-state index is -0.204. The molecule has 0 radical (unpaired) electrons. The first-order chi connectivity index (χ1) is 28.3. The lowest BCUT2D eigenvalue weighted by Crippen LogP contribution is -2.17. The number of fused-ring (bicyclic) bond motifs is 9. The van der Waals surface area contributed by atoms with Crippen molar-refractivity contribution in [3.8, 4) is 16.8 Å². The predicted octanol–water partition coefficient (Wildman–Crippen LogP) is 16.0. The van der Waals surface area contributed by atoms with Gasteiger partial charge in [-0.25, -0.2) is 0 Å². The number of aromatic nitrogens is 2. The third-order valence-electron chi connectivity index (χ3n) is 11.9. The highest BCUT2D eigenvalue weighted by Crippen LogP contribution is 2.52. The number of hydrogen-bond acceptors (Lipinski definition) is 0. The van der Waals surface area contributed by atoms with Gasteiger partial charge < -0.3 is 4.57 Å². The van der Waals surface area contributed by atoms with Crippen molar-refractivity contribution in [3.05, 3.63) is 192 Å². The van der Waals surface area contributed by atoms with Crippen molar-refractivity contribution < 1.29 is 4.48 Å². The van der Waals surface area contributed by atoms with Crippen LogP contribution in [0.25, 0.3) is 76.8 Å². The number of allylic oxidation sites excluding steroid dienone is 4. The maximum atomic E-state index is 16.4. The van der Waals surface area contributed by atoms with Gasteiger partial charge in [0.25, 0.3) is 0 Å². The van der Waals surface area contributed by atoms with Crippen LogP contribution in [0.3, 0.4) is 0 Å². The molecule has 288 valence electrons. The van der Waals surface area contributed by atoms with Crippen LogP contribution >= 0.6 is 0 Å². The molecule has 10 rings (SSSR count). The Bertz CT molecular complexity index is 3080. The van der Waals surface area contributed by atoms with Gasteiger partial charge in [0.15, 0.2) is 0 Å².